The van der Waals surface area contributed by atoms with Gasteiger partial charge >= 0.3 is 11.9 Å². The maximum atomic E-state index is 12.6. The molecule has 8 heteroatoms. The van der Waals surface area contributed by atoms with Crippen LogP contribution in [0.3, 0.4) is 0 Å². The van der Waals surface area contributed by atoms with Gasteiger partial charge in [0, 0.05) is 5.56 Å². The molecule has 1 aromatic heterocycles. The Kier molecular flexibility index (Phi) is 4.90. The molecule has 2 aromatic carbocycles. The second-order valence-electron chi connectivity index (χ2n) is 6.16. The summed E-state index contributed by atoms with van der Waals surface area (Å²) in [6.07, 6.45) is 0. The Balaban J connectivity index is 1.97. The van der Waals surface area contributed by atoms with Crippen LogP contribution in [-0.4, -0.2) is 49.2 Å². The summed E-state index contributed by atoms with van der Waals surface area (Å²) in [6, 6.07) is 14.2. The fourth-order valence-electron chi connectivity index (χ4n) is 3.15. The average Bonchev–Trinajstić information content (AvgIpc) is 3.19. The van der Waals surface area contributed by atoms with Crippen molar-refractivity contribution in [1.82, 2.24) is 9.78 Å². The van der Waals surface area contributed by atoms with Crippen LogP contribution in [0.5, 0.6) is 11.5 Å². The van der Waals surface area contributed by atoms with Crippen LogP contribution in [0.15, 0.2) is 48.5 Å². The minimum absolute atomic E-state index is 0.0138. The molecule has 0 atom stereocenters. The van der Waals surface area contributed by atoms with E-state index in [2.05, 4.69) is 5.10 Å². The van der Waals surface area contributed by atoms with E-state index >= 15 is 0 Å². The van der Waals surface area contributed by atoms with Crippen LogP contribution in [0, 0.1) is 0 Å². The van der Waals surface area contributed by atoms with Gasteiger partial charge in [0.25, 0.3) is 0 Å². The van der Waals surface area contributed by atoms with Gasteiger partial charge in [-0.1, -0.05) is 18.2 Å². The number of ether oxygens (including phenoxy) is 4. The fraction of sp³-hybridized carbons (Fsp3) is 0.190. The van der Waals surface area contributed by atoms with Crippen LogP contribution in [0.4, 0.5) is 0 Å². The van der Waals surface area contributed by atoms with Crippen molar-refractivity contribution in [3.8, 4) is 28.4 Å². The summed E-state index contributed by atoms with van der Waals surface area (Å²) >= 11 is 0. The molecule has 148 valence electrons. The minimum atomic E-state index is -0.703. The van der Waals surface area contributed by atoms with Crippen LogP contribution in [0.2, 0.25) is 0 Å². The van der Waals surface area contributed by atoms with Crippen LogP contribution in [0.25, 0.3) is 16.9 Å². The molecule has 0 bridgehead atoms. The van der Waals surface area contributed by atoms with E-state index in [-0.39, 0.29) is 17.0 Å². The summed E-state index contributed by atoms with van der Waals surface area (Å²) in [5.74, 6) is -0.253. The van der Waals surface area contributed by atoms with Crippen molar-refractivity contribution >= 4 is 11.9 Å². The molecule has 0 spiro atoms. The Bertz CT molecular complexity index is 1070. The summed E-state index contributed by atoms with van der Waals surface area (Å²) in [5, 5.41) is 4.56. The van der Waals surface area contributed by atoms with Gasteiger partial charge in [0.05, 0.1) is 19.9 Å². The van der Waals surface area contributed by atoms with E-state index in [0.717, 1.165) is 0 Å². The normalized spacial score (nSPS) is 12.3. The molecule has 0 unspecified atom stereocenters. The number of para-hydroxylation sites is 1. The van der Waals surface area contributed by atoms with Crippen LogP contribution in [0.1, 0.15) is 20.8 Å². The van der Waals surface area contributed by atoms with Gasteiger partial charge in [-0.3, -0.25) is 0 Å². The fourth-order valence-corrected chi connectivity index (χ4v) is 3.15. The Morgan fingerprint density at radius 1 is 0.931 bits per heavy atom. The number of hydrogen-bond acceptors (Lipinski definition) is 7. The Hall–Kier alpha value is -3.81. The molecule has 8 nitrogen and oxygen atoms in total. The number of fused-ring (bicyclic) bond motifs is 1. The number of methoxy groups -OCH3 is 2. The molecule has 0 amide bonds. The topological polar surface area (TPSA) is 88.9 Å². The number of hydrogen-bond donors (Lipinski definition) is 0. The summed E-state index contributed by atoms with van der Waals surface area (Å²) in [4.78, 5) is 25.2. The lowest BCUT2D eigenvalue weighted by Gasteiger charge is -2.18. The number of rotatable bonds is 4. The lowest BCUT2D eigenvalue weighted by atomic mass is 10.0. The first-order valence-electron chi connectivity index (χ1n) is 8.89. The first-order chi connectivity index (χ1) is 14.1. The molecule has 2 heterocycles. The third kappa shape index (κ3) is 3.29. The lowest BCUT2D eigenvalue weighted by Crippen LogP contribution is -2.15. The smallest absolute Gasteiger partial charge is 0.357 e. The second kappa shape index (κ2) is 7.67. The van der Waals surface area contributed by atoms with E-state index in [9.17, 15) is 9.59 Å². The number of carbonyl (C=O) groups is 2. The molecule has 0 saturated heterocycles. The van der Waals surface area contributed by atoms with E-state index in [4.69, 9.17) is 18.9 Å². The minimum Gasteiger partial charge on any atom is -0.486 e. The Morgan fingerprint density at radius 3 is 2.31 bits per heavy atom. The van der Waals surface area contributed by atoms with Crippen molar-refractivity contribution in [2.75, 3.05) is 27.4 Å². The molecule has 0 radical (unpaired) electrons. The summed E-state index contributed by atoms with van der Waals surface area (Å²) in [7, 11) is 2.49. The van der Waals surface area contributed by atoms with E-state index in [1.807, 2.05) is 6.07 Å². The van der Waals surface area contributed by atoms with E-state index < -0.39 is 11.9 Å². The zero-order valence-corrected chi connectivity index (χ0v) is 15.9. The molecular weight excluding hydrogens is 376 g/mol. The quantitative estimate of drug-likeness (QED) is 0.629. The van der Waals surface area contributed by atoms with E-state index in [0.29, 0.717) is 36.0 Å². The SMILES string of the molecule is COC(=O)c1c(-c2ccc3c(c2)OCCO3)nn(-c2ccccc2)c1C(=O)OC. The molecule has 1 aliphatic rings. The molecule has 0 saturated carbocycles. The Labute approximate surface area is 166 Å². The predicted octanol–water partition coefficient (Wildman–Crippen LogP) is 2.88. The summed E-state index contributed by atoms with van der Waals surface area (Å²) in [6.45, 7) is 0.890. The van der Waals surface area contributed by atoms with Crippen molar-refractivity contribution in [2.24, 2.45) is 0 Å². The molecule has 29 heavy (non-hydrogen) atoms. The zero-order chi connectivity index (χ0) is 20.4. The van der Waals surface area contributed by atoms with Gasteiger partial charge in [0.15, 0.2) is 17.2 Å². The maximum absolute atomic E-state index is 12.6. The number of nitrogens with zero attached hydrogens (tertiary/aromatic N) is 2. The van der Waals surface area contributed by atoms with Crippen molar-refractivity contribution in [3.63, 3.8) is 0 Å². The van der Waals surface area contributed by atoms with Gasteiger partial charge in [-0.25, -0.2) is 14.3 Å². The largest absolute Gasteiger partial charge is 0.486 e. The van der Waals surface area contributed by atoms with Crippen molar-refractivity contribution in [2.45, 2.75) is 0 Å². The average molecular weight is 394 g/mol. The third-order valence-corrected chi connectivity index (χ3v) is 4.47. The van der Waals surface area contributed by atoms with Crippen molar-refractivity contribution in [1.29, 1.82) is 0 Å². The van der Waals surface area contributed by atoms with Crippen molar-refractivity contribution < 1.29 is 28.5 Å². The lowest BCUT2D eigenvalue weighted by molar-refractivity contribution is 0.0549. The van der Waals surface area contributed by atoms with Gasteiger partial charge in [0.2, 0.25) is 0 Å². The van der Waals surface area contributed by atoms with Crippen LogP contribution >= 0.6 is 0 Å². The summed E-state index contributed by atoms with van der Waals surface area (Å²) < 4.78 is 22.4. The predicted molar refractivity (Wildman–Crippen MR) is 103 cm³/mol. The standard InChI is InChI=1S/C21H18N2O6/c1-26-20(24)17-18(13-8-9-15-16(12-13)29-11-10-28-15)22-23(19(17)21(25)27-2)14-6-4-3-5-7-14/h3-9,12H,10-11H2,1-2H3. The molecule has 3 aromatic rings. The highest BCUT2D eigenvalue weighted by atomic mass is 16.6. The highest BCUT2D eigenvalue weighted by Gasteiger charge is 2.31. The molecule has 4 rings (SSSR count). The molecule has 0 fully saturated rings. The molecule has 0 N–H and O–H groups in total. The van der Waals surface area contributed by atoms with Crippen LogP contribution in [-0.2, 0) is 9.47 Å². The van der Waals surface area contributed by atoms with Crippen molar-refractivity contribution in [3.05, 3.63) is 59.8 Å². The first kappa shape index (κ1) is 18.5. The van der Waals surface area contributed by atoms with Gasteiger partial charge in [-0.15, -0.1) is 0 Å². The van der Waals surface area contributed by atoms with Crippen LogP contribution < -0.4 is 9.47 Å². The maximum Gasteiger partial charge on any atom is 0.357 e. The van der Waals surface area contributed by atoms with E-state index in [1.54, 1.807) is 42.5 Å². The number of carbonyl (C=O) groups excluding carboxylic acids is 2. The monoisotopic (exact) mass is 394 g/mol. The van der Waals surface area contributed by atoms with Gasteiger partial charge in [-0.2, -0.15) is 5.10 Å². The summed E-state index contributed by atoms with van der Waals surface area (Å²) in [5.41, 5.74) is 1.45. The Morgan fingerprint density at radius 2 is 1.62 bits per heavy atom. The highest BCUT2D eigenvalue weighted by Crippen LogP contribution is 2.36. The molecule has 1 aliphatic heterocycles. The van der Waals surface area contributed by atoms with E-state index in [1.165, 1.54) is 18.9 Å². The number of esters is 2. The van der Waals surface area contributed by atoms with Gasteiger partial charge in [0.1, 0.15) is 24.5 Å². The highest BCUT2D eigenvalue weighted by molar-refractivity contribution is 6.06. The third-order valence-electron chi connectivity index (χ3n) is 4.47. The zero-order valence-electron chi connectivity index (χ0n) is 15.9. The first-order valence-corrected chi connectivity index (χ1v) is 8.89. The van der Waals surface area contributed by atoms with Gasteiger partial charge < -0.3 is 18.9 Å². The van der Waals surface area contributed by atoms with Gasteiger partial charge in [-0.05, 0) is 30.3 Å². The molecule has 0 aliphatic carbocycles. The second-order valence-corrected chi connectivity index (χ2v) is 6.16. The molecular formula is C21H18N2O6. The number of aromatic nitrogens is 2. The number of benzene rings is 2.